The van der Waals surface area contributed by atoms with Gasteiger partial charge >= 0.3 is 0 Å². The van der Waals surface area contributed by atoms with Crippen molar-refractivity contribution in [2.45, 2.75) is 51.1 Å². The highest BCUT2D eigenvalue weighted by Crippen LogP contribution is 2.26. The van der Waals surface area contributed by atoms with Crippen molar-refractivity contribution in [3.63, 3.8) is 0 Å². The summed E-state index contributed by atoms with van der Waals surface area (Å²) in [5, 5.41) is 0. The Morgan fingerprint density at radius 1 is 1.04 bits per heavy atom. The van der Waals surface area contributed by atoms with Gasteiger partial charge in [-0.15, -0.1) is 0 Å². The van der Waals surface area contributed by atoms with E-state index in [1.807, 2.05) is 18.2 Å². The zero-order chi connectivity index (χ0) is 16.3. The van der Waals surface area contributed by atoms with E-state index >= 15 is 0 Å². The Morgan fingerprint density at radius 2 is 1.70 bits per heavy atom. The number of anilines is 1. The molecule has 2 fully saturated rings. The highest BCUT2D eigenvalue weighted by molar-refractivity contribution is 7.87. The number of para-hydroxylation sites is 1. The van der Waals surface area contributed by atoms with Crippen molar-refractivity contribution in [3.8, 4) is 0 Å². The monoisotopic (exact) mass is 337 g/mol. The molecule has 2 saturated heterocycles. The third-order valence-corrected chi connectivity index (χ3v) is 6.56. The van der Waals surface area contributed by atoms with Crippen LogP contribution in [0.15, 0.2) is 30.3 Å². The quantitative estimate of drug-likeness (QED) is 0.918. The van der Waals surface area contributed by atoms with E-state index in [0.717, 1.165) is 44.3 Å². The second-order valence-corrected chi connectivity index (χ2v) is 8.41. The van der Waals surface area contributed by atoms with E-state index in [2.05, 4.69) is 28.7 Å². The highest BCUT2D eigenvalue weighted by Gasteiger charge is 2.33. The average Bonchev–Trinajstić information content (AvgIpc) is 2.75. The van der Waals surface area contributed by atoms with Gasteiger partial charge in [0.25, 0.3) is 10.2 Å². The first-order valence-electron chi connectivity index (χ1n) is 8.65. The van der Waals surface area contributed by atoms with Gasteiger partial charge in [-0.2, -0.15) is 17.4 Å². The molecule has 0 spiro atoms. The smallest absolute Gasteiger partial charge is 0.279 e. The molecular formula is C17H27N3O2S. The molecule has 5 nitrogen and oxygen atoms in total. The lowest BCUT2D eigenvalue weighted by atomic mass is 10.2. The summed E-state index contributed by atoms with van der Waals surface area (Å²) in [7, 11) is -3.36. The van der Waals surface area contributed by atoms with Gasteiger partial charge in [0.15, 0.2) is 0 Å². The van der Waals surface area contributed by atoms with Gasteiger partial charge in [-0.25, -0.2) is 0 Å². The average molecular weight is 337 g/mol. The molecule has 0 radical (unpaired) electrons. The minimum absolute atomic E-state index is 0.0153. The Labute approximate surface area is 139 Å². The minimum Gasteiger partial charge on any atom is -0.367 e. The van der Waals surface area contributed by atoms with Crippen LogP contribution in [0.2, 0.25) is 0 Å². The molecule has 128 valence electrons. The summed E-state index contributed by atoms with van der Waals surface area (Å²) in [6, 6.07) is 10.6. The van der Waals surface area contributed by atoms with Gasteiger partial charge in [-0.3, -0.25) is 0 Å². The topological polar surface area (TPSA) is 52.7 Å². The van der Waals surface area contributed by atoms with Gasteiger partial charge in [-0.1, -0.05) is 31.0 Å². The molecule has 0 aliphatic carbocycles. The lowest BCUT2D eigenvalue weighted by molar-refractivity contribution is 0.408. The van der Waals surface area contributed by atoms with Crippen molar-refractivity contribution < 1.29 is 8.42 Å². The molecule has 3 rings (SSSR count). The van der Waals surface area contributed by atoms with E-state index in [0.29, 0.717) is 19.1 Å². The maximum absolute atomic E-state index is 12.6. The fourth-order valence-corrected chi connectivity index (χ4v) is 5.14. The second kappa shape index (κ2) is 7.20. The van der Waals surface area contributed by atoms with Crippen molar-refractivity contribution in [1.29, 1.82) is 0 Å². The molecule has 0 aromatic heterocycles. The van der Waals surface area contributed by atoms with Crippen LogP contribution in [0.5, 0.6) is 0 Å². The highest BCUT2D eigenvalue weighted by atomic mass is 32.2. The molecule has 2 atom stereocenters. The van der Waals surface area contributed by atoms with Gasteiger partial charge in [0.05, 0.1) is 0 Å². The van der Waals surface area contributed by atoms with Crippen LogP contribution in [0.4, 0.5) is 5.69 Å². The molecule has 0 saturated carbocycles. The van der Waals surface area contributed by atoms with Gasteiger partial charge in [0.2, 0.25) is 0 Å². The number of rotatable bonds is 4. The molecule has 1 aromatic rings. The molecule has 0 unspecified atom stereocenters. The number of hydrogen-bond donors (Lipinski definition) is 1. The van der Waals surface area contributed by atoms with Crippen LogP contribution in [0.3, 0.4) is 0 Å². The molecule has 0 bridgehead atoms. The summed E-state index contributed by atoms with van der Waals surface area (Å²) >= 11 is 0. The summed E-state index contributed by atoms with van der Waals surface area (Å²) in [6.07, 6.45) is 5.06. The lowest BCUT2D eigenvalue weighted by Crippen LogP contribution is -2.46. The Hall–Kier alpha value is -1.11. The van der Waals surface area contributed by atoms with Crippen molar-refractivity contribution in [1.82, 2.24) is 9.03 Å². The standard InChI is InChI=1S/C17H27N3O2S/c1-15-13-16(14-20(15)17-9-5-4-6-10-17)18-23(21,22)19-11-7-2-3-8-12-19/h4-6,9-10,15-16,18H,2-3,7-8,11-14H2,1H3/t15-,16+/m1/s1. The van der Waals surface area contributed by atoms with Gasteiger partial charge in [0, 0.05) is 37.4 Å². The number of nitrogens with one attached hydrogen (secondary N) is 1. The van der Waals surface area contributed by atoms with Crippen LogP contribution in [0, 0.1) is 0 Å². The molecule has 0 amide bonds. The summed E-state index contributed by atoms with van der Waals surface area (Å²) in [6.45, 7) is 4.20. The number of nitrogens with zero attached hydrogens (tertiary/aromatic N) is 2. The largest absolute Gasteiger partial charge is 0.367 e. The van der Waals surface area contributed by atoms with E-state index in [1.54, 1.807) is 4.31 Å². The summed E-state index contributed by atoms with van der Waals surface area (Å²) in [5.74, 6) is 0. The molecule has 6 heteroatoms. The Morgan fingerprint density at radius 3 is 2.35 bits per heavy atom. The van der Waals surface area contributed by atoms with Gasteiger partial charge < -0.3 is 4.90 Å². The van der Waals surface area contributed by atoms with Crippen LogP contribution in [0.25, 0.3) is 0 Å². The van der Waals surface area contributed by atoms with E-state index in [4.69, 9.17) is 0 Å². The molecule has 2 heterocycles. The Bertz CT molecular complexity index is 598. The Kier molecular flexibility index (Phi) is 5.24. The first-order chi connectivity index (χ1) is 11.1. The van der Waals surface area contributed by atoms with Crippen LogP contribution in [-0.4, -0.2) is 44.4 Å². The zero-order valence-corrected chi connectivity index (χ0v) is 14.6. The van der Waals surface area contributed by atoms with E-state index < -0.39 is 10.2 Å². The molecule has 1 N–H and O–H groups in total. The third kappa shape index (κ3) is 4.05. The first-order valence-corrected chi connectivity index (χ1v) is 10.1. The molecule has 1 aromatic carbocycles. The zero-order valence-electron chi connectivity index (χ0n) is 13.8. The van der Waals surface area contributed by atoms with E-state index in [9.17, 15) is 8.42 Å². The van der Waals surface area contributed by atoms with E-state index in [1.165, 1.54) is 0 Å². The summed E-state index contributed by atoms with van der Waals surface area (Å²) < 4.78 is 29.9. The lowest BCUT2D eigenvalue weighted by Gasteiger charge is -2.24. The number of benzene rings is 1. The summed E-state index contributed by atoms with van der Waals surface area (Å²) in [5.41, 5.74) is 1.16. The molecule has 23 heavy (non-hydrogen) atoms. The minimum atomic E-state index is -3.36. The Balaban J connectivity index is 1.64. The SMILES string of the molecule is C[C@@H]1C[C@H](NS(=O)(=O)N2CCCCCC2)CN1c1ccccc1. The predicted octanol–water partition coefficient (Wildman–Crippen LogP) is 2.36. The first kappa shape index (κ1) is 16.7. The van der Waals surface area contributed by atoms with E-state index in [-0.39, 0.29) is 6.04 Å². The number of hydrogen-bond acceptors (Lipinski definition) is 3. The fraction of sp³-hybridized carbons (Fsp3) is 0.647. The van der Waals surface area contributed by atoms with Crippen molar-refractivity contribution >= 4 is 15.9 Å². The van der Waals surface area contributed by atoms with Crippen LogP contribution in [0.1, 0.15) is 39.0 Å². The second-order valence-electron chi connectivity index (χ2n) is 6.71. The van der Waals surface area contributed by atoms with Crippen LogP contribution in [-0.2, 0) is 10.2 Å². The predicted molar refractivity (Wildman–Crippen MR) is 93.8 cm³/mol. The normalized spacial score (nSPS) is 27.1. The van der Waals surface area contributed by atoms with Crippen molar-refractivity contribution in [2.75, 3.05) is 24.5 Å². The maximum atomic E-state index is 12.6. The van der Waals surface area contributed by atoms with Gasteiger partial charge in [0.1, 0.15) is 0 Å². The maximum Gasteiger partial charge on any atom is 0.279 e. The molecule has 2 aliphatic rings. The van der Waals surface area contributed by atoms with Crippen molar-refractivity contribution in [2.24, 2.45) is 0 Å². The van der Waals surface area contributed by atoms with Gasteiger partial charge in [-0.05, 0) is 38.3 Å². The third-order valence-electron chi connectivity index (χ3n) is 4.88. The summed E-state index contributed by atoms with van der Waals surface area (Å²) in [4.78, 5) is 2.29. The van der Waals surface area contributed by atoms with Crippen LogP contribution >= 0.6 is 0 Å². The van der Waals surface area contributed by atoms with Crippen LogP contribution < -0.4 is 9.62 Å². The molecule has 2 aliphatic heterocycles. The molecular weight excluding hydrogens is 310 g/mol. The van der Waals surface area contributed by atoms with Crippen molar-refractivity contribution in [3.05, 3.63) is 30.3 Å². The fourth-order valence-electron chi connectivity index (χ4n) is 3.66.